The first-order valence-electron chi connectivity index (χ1n) is 8.12. The van der Waals surface area contributed by atoms with Gasteiger partial charge in [-0.1, -0.05) is 48.5 Å². The van der Waals surface area contributed by atoms with Crippen molar-refractivity contribution < 1.29 is 4.79 Å². The normalized spacial score (nSPS) is 10.8. The first-order chi connectivity index (χ1) is 12.2. The highest BCUT2D eigenvalue weighted by molar-refractivity contribution is 6.05. The van der Waals surface area contributed by atoms with Gasteiger partial charge in [0.05, 0.1) is 23.1 Å². The maximum atomic E-state index is 12.7. The van der Waals surface area contributed by atoms with Crippen molar-refractivity contribution in [2.24, 2.45) is 0 Å². The molecule has 0 fully saturated rings. The van der Waals surface area contributed by atoms with E-state index in [0.29, 0.717) is 5.56 Å². The van der Waals surface area contributed by atoms with Crippen molar-refractivity contribution in [1.82, 2.24) is 9.78 Å². The van der Waals surface area contributed by atoms with E-state index in [2.05, 4.69) is 16.5 Å². The standard InChI is InChI=1S/C21H17N3O/c1-15-20(14-22-24(15)19-9-3-2-4-10-19)21(25)23-18-12-11-16-7-5-6-8-17(16)13-18/h2-14H,1H3,(H,23,25). The van der Waals surface area contributed by atoms with Crippen LogP contribution in [0, 0.1) is 6.92 Å². The van der Waals surface area contributed by atoms with Crippen LogP contribution in [0.15, 0.2) is 79.0 Å². The number of carbonyl (C=O) groups is 1. The zero-order chi connectivity index (χ0) is 17.2. The lowest BCUT2D eigenvalue weighted by Gasteiger charge is -2.07. The number of nitrogens with one attached hydrogen (secondary N) is 1. The molecule has 4 aromatic rings. The fourth-order valence-corrected chi connectivity index (χ4v) is 2.93. The van der Waals surface area contributed by atoms with E-state index in [1.54, 1.807) is 10.9 Å². The summed E-state index contributed by atoms with van der Waals surface area (Å²) >= 11 is 0. The van der Waals surface area contributed by atoms with Crippen molar-refractivity contribution in [3.05, 3.63) is 90.3 Å². The molecule has 0 saturated carbocycles. The topological polar surface area (TPSA) is 46.9 Å². The average molecular weight is 327 g/mol. The number of anilines is 1. The van der Waals surface area contributed by atoms with Crippen LogP contribution in [0.1, 0.15) is 16.1 Å². The Hall–Kier alpha value is -3.40. The highest BCUT2D eigenvalue weighted by Crippen LogP contribution is 2.20. The number of hydrogen-bond donors (Lipinski definition) is 1. The minimum atomic E-state index is -0.157. The van der Waals surface area contributed by atoms with Gasteiger partial charge in [-0.25, -0.2) is 4.68 Å². The van der Waals surface area contributed by atoms with Crippen molar-refractivity contribution >= 4 is 22.4 Å². The number of amides is 1. The Morgan fingerprint density at radius 2 is 1.64 bits per heavy atom. The van der Waals surface area contributed by atoms with Crippen LogP contribution in [0.25, 0.3) is 16.5 Å². The Labute approximate surface area is 145 Å². The van der Waals surface area contributed by atoms with Crippen LogP contribution in [0.5, 0.6) is 0 Å². The molecule has 4 rings (SSSR count). The molecule has 0 radical (unpaired) electrons. The van der Waals surface area contributed by atoms with Gasteiger partial charge in [0, 0.05) is 5.69 Å². The Kier molecular flexibility index (Phi) is 3.78. The molecule has 1 heterocycles. The van der Waals surface area contributed by atoms with Crippen molar-refractivity contribution in [3.8, 4) is 5.69 Å². The van der Waals surface area contributed by atoms with E-state index in [9.17, 15) is 4.79 Å². The molecule has 1 aromatic heterocycles. The number of aromatic nitrogens is 2. The van der Waals surface area contributed by atoms with Gasteiger partial charge in [-0.05, 0) is 42.0 Å². The monoisotopic (exact) mass is 327 g/mol. The molecule has 4 nitrogen and oxygen atoms in total. The minimum absolute atomic E-state index is 0.157. The van der Waals surface area contributed by atoms with Gasteiger partial charge in [0.15, 0.2) is 0 Å². The van der Waals surface area contributed by atoms with Gasteiger partial charge in [0.1, 0.15) is 0 Å². The lowest BCUT2D eigenvalue weighted by Crippen LogP contribution is -2.13. The first-order valence-corrected chi connectivity index (χ1v) is 8.12. The summed E-state index contributed by atoms with van der Waals surface area (Å²) in [5.41, 5.74) is 3.09. The number of fused-ring (bicyclic) bond motifs is 1. The molecule has 25 heavy (non-hydrogen) atoms. The van der Waals surface area contributed by atoms with Crippen LogP contribution in [0.4, 0.5) is 5.69 Å². The third kappa shape index (κ3) is 2.90. The van der Waals surface area contributed by atoms with Crippen LogP contribution in [-0.4, -0.2) is 15.7 Å². The molecule has 0 spiro atoms. The maximum absolute atomic E-state index is 12.7. The molecule has 0 unspecified atom stereocenters. The van der Waals surface area contributed by atoms with Crippen molar-refractivity contribution in [2.75, 3.05) is 5.32 Å². The maximum Gasteiger partial charge on any atom is 0.259 e. The van der Waals surface area contributed by atoms with E-state index in [-0.39, 0.29) is 5.91 Å². The van der Waals surface area contributed by atoms with Gasteiger partial charge in [0.2, 0.25) is 0 Å². The highest BCUT2D eigenvalue weighted by Gasteiger charge is 2.15. The summed E-state index contributed by atoms with van der Waals surface area (Å²) in [6.07, 6.45) is 1.61. The Bertz CT molecular complexity index is 1050. The summed E-state index contributed by atoms with van der Waals surface area (Å²) in [4.78, 5) is 12.7. The van der Waals surface area contributed by atoms with E-state index in [1.807, 2.05) is 73.7 Å². The summed E-state index contributed by atoms with van der Waals surface area (Å²) in [6.45, 7) is 1.90. The van der Waals surface area contributed by atoms with Crippen molar-refractivity contribution in [3.63, 3.8) is 0 Å². The van der Waals surface area contributed by atoms with Gasteiger partial charge < -0.3 is 5.32 Å². The molecule has 0 aliphatic heterocycles. The molecule has 0 atom stereocenters. The number of rotatable bonds is 3. The van der Waals surface area contributed by atoms with E-state index in [1.165, 1.54) is 0 Å². The van der Waals surface area contributed by atoms with Crippen molar-refractivity contribution in [1.29, 1.82) is 0 Å². The van der Waals surface area contributed by atoms with E-state index >= 15 is 0 Å². The molecule has 1 amide bonds. The molecule has 0 aliphatic rings. The first kappa shape index (κ1) is 15.1. The molecular formula is C21H17N3O. The summed E-state index contributed by atoms with van der Waals surface area (Å²) in [7, 11) is 0. The Morgan fingerprint density at radius 1 is 0.920 bits per heavy atom. The molecule has 0 bridgehead atoms. The summed E-state index contributed by atoms with van der Waals surface area (Å²) in [5.74, 6) is -0.157. The van der Waals surface area contributed by atoms with Crippen LogP contribution < -0.4 is 5.32 Å². The van der Waals surface area contributed by atoms with Crippen LogP contribution in [-0.2, 0) is 0 Å². The van der Waals surface area contributed by atoms with Crippen molar-refractivity contribution in [2.45, 2.75) is 6.92 Å². The smallest absolute Gasteiger partial charge is 0.259 e. The number of hydrogen-bond acceptors (Lipinski definition) is 2. The fourth-order valence-electron chi connectivity index (χ4n) is 2.93. The minimum Gasteiger partial charge on any atom is -0.322 e. The zero-order valence-electron chi connectivity index (χ0n) is 13.8. The van der Waals surface area contributed by atoms with Gasteiger partial charge >= 0.3 is 0 Å². The van der Waals surface area contributed by atoms with Gasteiger partial charge in [0.25, 0.3) is 5.91 Å². The highest BCUT2D eigenvalue weighted by atomic mass is 16.1. The molecule has 122 valence electrons. The van der Waals surface area contributed by atoms with E-state index in [0.717, 1.165) is 27.8 Å². The lowest BCUT2D eigenvalue weighted by atomic mass is 10.1. The molecule has 0 saturated heterocycles. The predicted octanol–water partition coefficient (Wildman–Crippen LogP) is 4.59. The predicted molar refractivity (Wildman–Crippen MR) is 100 cm³/mol. The third-order valence-electron chi connectivity index (χ3n) is 4.26. The molecular weight excluding hydrogens is 310 g/mol. The second-order valence-corrected chi connectivity index (χ2v) is 5.91. The summed E-state index contributed by atoms with van der Waals surface area (Å²) in [5, 5.41) is 9.56. The van der Waals surface area contributed by atoms with Crippen LogP contribution >= 0.6 is 0 Å². The second-order valence-electron chi connectivity index (χ2n) is 5.91. The number of benzene rings is 3. The van der Waals surface area contributed by atoms with Crippen LogP contribution in [0.3, 0.4) is 0 Å². The SMILES string of the molecule is Cc1c(C(=O)Nc2ccc3ccccc3c2)cnn1-c1ccccc1. The number of para-hydroxylation sites is 1. The summed E-state index contributed by atoms with van der Waals surface area (Å²) < 4.78 is 1.77. The summed E-state index contributed by atoms with van der Waals surface area (Å²) in [6, 6.07) is 23.7. The Morgan fingerprint density at radius 3 is 2.44 bits per heavy atom. The fraction of sp³-hybridized carbons (Fsp3) is 0.0476. The van der Waals surface area contributed by atoms with Gasteiger partial charge in [-0.2, -0.15) is 5.10 Å². The molecule has 1 N–H and O–H groups in total. The average Bonchev–Trinajstić information content (AvgIpc) is 3.04. The van der Waals surface area contributed by atoms with E-state index in [4.69, 9.17) is 0 Å². The number of carbonyl (C=O) groups excluding carboxylic acids is 1. The quantitative estimate of drug-likeness (QED) is 0.598. The molecule has 4 heteroatoms. The van der Waals surface area contributed by atoms with Gasteiger partial charge in [-0.3, -0.25) is 4.79 Å². The van der Waals surface area contributed by atoms with Crippen LogP contribution in [0.2, 0.25) is 0 Å². The largest absolute Gasteiger partial charge is 0.322 e. The van der Waals surface area contributed by atoms with Gasteiger partial charge in [-0.15, -0.1) is 0 Å². The third-order valence-corrected chi connectivity index (χ3v) is 4.26. The van der Waals surface area contributed by atoms with E-state index < -0.39 is 0 Å². The second kappa shape index (κ2) is 6.24. The zero-order valence-corrected chi connectivity index (χ0v) is 13.8. The molecule has 3 aromatic carbocycles. The Balaban J connectivity index is 1.61. The number of nitrogens with zero attached hydrogens (tertiary/aromatic N) is 2. The molecule has 0 aliphatic carbocycles. The lowest BCUT2D eigenvalue weighted by molar-refractivity contribution is 0.102.